The lowest BCUT2D eigenvalue weighted by Crippen LogP contribution is -2.54. The van der Waals surface area contributed by atoms with Crippen LogP contribution in [0.3, 0.4) is 0 Å². The van der Waals surface area contributed by atoms with Crippen LogP contribution in [0, 0.1) is 13.8 Å². The molecule has 1 atom stereocenters. The quantitative estimate of drug-likeness (QED) is 0.462. The van der Waals surface area contributed by atoms with Gasteiger partial charge in [0, 0.05) is 56.8 Å². The number of hydrogen-bond acceptors (Lipinski definition) is 5. The van der Waals surface area contributed by atoms with Gasteiger partial charge >= 0.3 is 0 Å². The Morgan fingerprint density at radius 3 is 2.65 bits per heavy atom. The summed E-state index contributed by atoms with van der Waals surface area (Å²) in [5, 5.41) is 6.25. The molecule has 194 valence electrons. The number of piperazine rings is 1. The van der Waals surface area contributed by atoms with Crippen LogP contribution >= 0.6 is 0 Å². The third kappa shape index (κ3) is 7.40. The number of aryl methyl sites for hydroxylation is 3. The Labute approximate surface area is 219 Å². The number of amides is 2. The molecule has 2 aromatic carbocycles. The van der Waals surface area contributed by atoms with E-state index in [0.717, 1.165) is 41.9 Å². The van der Waals surface area contributed by atoms with E-state index < -0.39 is 0 Å². The molecule has 3 aromatic rings. The molecule has 0 radical (unpaired) electrons. The molecule has 7 nitrogen and oxygen atoms in total. The van der Waals surface area contributed by atoms with Crippen molar-refractivity contribution in [2.24, 2.45) is 0 Å². The molecule has 7 heteroatoms. The second-order valence-electron chi connectivity index (χ2n) is 9.67. The highest BCUT2D eigenvalue weighted by molar-refractivity contribution is 5.77. The molecule has 1 fully saturated rings. The summed E-state index contributed by atoms with van der Waals surface area (Å²) in [5.74, 6) is 1.21. The van der Waals surface area contributed by atoms with Crippen molar-refractivity contribution < 1.29 is 14.3 Å². The molecule has 1 aromatic heterocycles. The maximum Gasteiger partial charge on any atom is 0.224 e. The van der Waals surface area contributed by atoms with Crippen molar-refractivity contribution in [3.8, 4) is 11.6 Å². The van der Waals surface area contributed by atoms with Crippen LogP contribution in [0.25, 0.3) is 0 Å². The van der Waals surface area contributed by atoms with Gasteiger partial charge < -0.3 is 20.3 Å². The first-order valence-corrected chi connectivity index (χ1v) is 12.9. The van der Waals surface area contributed by atoms with Gasteiger partial charge in [0.05, 0.1) is 0 Å². The maximum atomic E-state index is 13.4. The van der Waals surface area contributed by atoms with Crippen LogP contribution in [0.2, 0.25) is 0 Å². The van der Waals surface area contributed by atoms with Gasteiger partial charge in [-0.2, -0.15) is 0 Å². The predicted octanol–water partition coefficient (Wildman–Crippen LogP) is 4.10. The Morgan fingerprint density at radius 2 is 1.86 bits per heavy atom. The van der Waals surface area contributed by atoms with Crippen LogP contribution in [0.5, 0.6) is 11.6 Å². The molecule has 0 saturated carbocycles. The van der Waals surface area contributed by atoms with E-state index in [1.807, 2.05) is 67.3 Å². The zero-order chi connectivity index (χ0) is 26.2. The van der Waals surface area contributed by atoms with Gasteiger partial charge in [-0.05, 0) is 55.5 Å². The third-order valence-electron chi connectivity index (χ3n) is 6.63. The van der Waals surface area contributed by atoms with Crippen LogP contribution in [0.4, 0.5) is 0 Å². The topological polar surface area (TPSA) is 83.6 Å². The van der Waals surface area contributed by atoms with E-state index in [0.29, 0.717) is 37.6 Å². The van der Waals surface area contributed by atoms with Gasteiger partial charge in [0.15, 0.2) is 0 Å². The molecule has 37 heavy (non-hydrogen) atoms. The summed E-state index contributed by atoms with van der Waals surface area (Å²) in [6.45, 7) is 8.07. The molecular weight excluding hydrogens is 464 g/mol. The summed E-state index contributed by atoms with van der Waals surface area (Å²) in [6, 6.07) is 20.4. The third-order valence-corrected chi connectivity index (χ3v) is 6.63. The van der Waals surface area contributed by atoms with Gasteiger partial charge in [-0.1, -0.05) is 48.5 Å². The lowest BCUT2D eigenvalue weighted by molar-refractivity contribution is -0.134. The van der Waals surface area contributed by atoms with Gasteiger partial charge in [0.25, 0.3) is 0 Å². The van der Waals surface area contributed by atoms with Crippen molar-refractivity contribution in [2.45, 2.75) is 52.6 Å². The first-order chi connectivity index (χ1) is 17.9. The number of aromatic nitrogens is 1. The van der Waals surface area contributed by atoms with Crippen molar-refractivity contribution in [2.75, 3.05) is 19.6 Å². The Balaban J connectivity index is 1.47. The van der Waals surface area contributed by atoms with Crippen LogP contribution in [-0.4, -0.2) is 47.4 Å². The molecule has 0 bridgehead atoms. The lowest BCUT2D eigenvalue weighted by atomic mass is 10.0. The van der Waals surface area contributed by atoms with E-state index in [1.165, 1.54) is 12.5 Å². The molecule has 1 aliphatic rings. The number of ether oxygens (including phenoxy) is 1. The number of hydrogen-bond donors (Lipinski definition) is 2. The number of pyridine rings is 1. The van der Waals surface area contributed by atoms with Gasteiger partial charge in [-0.25, -0.2) is 4.98 Å². The van der Waals surface area contributed by atoms with Gasteiger partial charge in [0.2, 0.25) is 17.7 Å². The molecular formula is C30H36N4O3. The molecule has 0 aliphatic carbocycles. The average molecular weight is 501 g/mol. The zero-order valence-corrected chi connectivity index (χ0v) is 21.9. The molecule has 2 amide bonds. The highest BCUT2D eigenvalue weighted by Gasteiger charge is 2.26. The fourth-order valence-electron chi connectivity index (χ4n) is 4.61. The molecule has 4 rings (SSSR count). The number of carbonyl (C=O) groups excluding carboxylic acids is 2. The first-order valence-electron chi connectivity index (χ1n) is 12.9. The summed E-state index contributed by atoms with van der Waals surface area (Å²) >= 11 is 0. The van der Waals surface area contributed by atoms with E-state index in [4.69, 9.17) is 4.74 Å². The Morgan fingerprint density at radius 1 is 1.08 bits per heavy atom. The SMILES string of the molecule is CC(=O)NCc1ccc(C)nc1Oc1cc(C)ccc1CCC(=O)N1CCNCC1Cc1ccccc1. The van der Waals surface area contributed by atoms with Crippen LogP contribution in [0.15, 0.2) is 60.7 Å². The van der Waals surface area contributed by atoms with E-state index in [2.05, 4.69) is 27.8 Å². The van der Waals surface area contributed by atoms with Crippen LogP contribution in [-0.2, 0) is 29.0 Å². The summed E-state index contributed by atoms with van der Waals surface area (Å²) in [7, 11) is 0. The Hall–Kier alpha value is -3.71. The van der Waals surface area contributed by atoms with Crippen molar-refractivity contribution in [1.29, 1.82) is 0 Å². The highest BCUT2D eigenvalue weighted by Crippen LogP contribution is 2.29. The average Bonchev–Trinajstić information content (AvgIpc) is 2.88. The summed E-state index contributed by atoms with van der Waals surface area (Å²) in [4.78, 5) is 31.4. The highest BCUT2D eigenvalue weighted by atomic mass is 16.5. The van der Waals surface area contributed by atoms with E-state index >= 15 is 0 Å². The van der Waals surface area contributed by atoms with E-state index in [1.54, 1.807) is 0 Å². The largest absolute Gasteiger partial charge is 0.438 e. The monoisotopic (exact) mass is 500 g/mol. The summed E-state index contributed by atoms with van der Waals surface area (Å²) < 4.78 is 6.32. The zero-order valence-electron chi connectivity index (χ0n) is 21.9. The number of nitrogens with one attached hydrogen (secondary N) is 2. The normalized spacial score (nSPS) is 15.3. The summed E-state index contributed by atoms with van der Waals surface area (Å²) in [5.41, 5.74) is 4.89. The number of nitrogens with zero attached hydrogens (tertiary/aromatic N) is 2. The van der Waals surface area contributed by atoms with Crippen molar-refractivity contribution in [3.05, 3.63) is 88.6 Å². The molecule has 1 aliphatic heterocycles. The van der Waals surface area contributed by atoms with E-state index in [9.17, 15) is 9.59 Å². The van der Waals surface area contributed by atoms with E-state index in [-0.39, 0.29) is 17.9 Å². The van der Waals surface area contributed by atoms with Crippen molar-refractivity contribution in [3.63, 3.8) is 0 Å². The molecule has 0 spiro atoms. The Kier molecular flexibility index (Phi) is 8.90. The van der Waals surface area contributed by atoms with Gasteiger partial charge in [-0.15, -0.1) is 0 Å². The minimum Gasteiger partial charge on any atom is -0.438 e. The minimum absolute atomic E-state index is 0.111. The second-order valence-corrected chi connectivity index (χ2v) is 9.67. The predicted molar refractivity (Wildman–Crippen MR) is 145 cm³/mol. The number of benzene rings is 2. The molecule has 1 unspecified atom stereocenters. The fourth-order valence-corrected chi connectivity index (χ4v) is 4.61. The van der Waals surface area contributed by atoms with Gasteiger partial charge in [-0.3, -0.25) is 9.59 Å². The van der Waals surface area contributed by atoms with Crippen LogP contribution in [0.1, 0.15) is 41.3 Å². The van der Waals surface area contributed by atoms with Crippen LogP contribution < -0.4 is 15.4 Å². The fraction of sp³-hybridized carbons (Fsp3) is 0.367. The number of carbonyl (C=O) groups is 2. The van der Waals surface area contributed by atoms with Crippen molar-refractivity contribution in [1.82, 2.24) is 20.5 Å². The molecule has 1 saturated heterocycles. The smallest absolute Gasteiger partial charge is 0.224 e. The summed E-state index contributed by atoms with van der Waals surface area (Å²) in [6.07, 6.45) is 1.82. The maximum absolute atomic E-state index is 13.4. The lowest BCUT2D eigenvalue weighted by Gasteiger charge is -2.36. The molecule has 2 N–H and O–H groups in total. The number of rotatable bonds is 9. The second kappa shape index (κ2) is 12.5. The van der Waals surface area contributed by atoms with Crippen molar-refractivity contribution >= 4 is 11.8 Å². The first kappa shape index (κ1) is 26.4. The Bertz CT molecular complexity index is 1230. The minimum atomic E-state index is -0.111. The molecule has 2 heterocycles. The van der Waals surface area contributed by atoms with Gasteiger partial charge in [0.1, 0.15) is 5.75 Å². The standard InChI is InChI=1S/C30H36N4O3/c1-21-9-11-25(28(17-21)37-30-26(19-32-23(3)35)12-10-22(2)33-30)13-14-29(36)34-16-15-31-20-27(34)18-24-7-5-4-6-8-24/h4-12,17,27,31H,13-16,18-20H2,1-3H3,(H,32,35).